The van der Waals surface area contributed by atoms with E-state index in [1.807, 2.05) is 47.0 Å². The first-order valence-electron chi connectivity index (χ1n) is 8.25. The van der Waals surface area contributed by atoms with Gasteiger partial charge in [0.25, 0.3) is 0 Å². The van der Waals surface area contributed by atoms with Gasteiger partial charge < -0.3 is 0 Å². The molecule has 0 saturated carbocycles. The predicted molar refractivity (Wildman–Crippen MR) is 105 cm³/mol. The standard InChI is InChI=1S/C19H18IN3O/c24-19-15-8-4-5-9-16(15)21-18(12-14-6-2-1-3-7-14)22(19)10-11-23-17-13-20(17)23/h1-9,17H,10-13H2. The van der Waals surface area contributed by atoms with Crippen molar-refractivity contribution in [2.24, 2.45) is 0 Å². The minimum absolute atomic E-state index is 0.103. The van der Waals surface area contributed by atoms with E-state index in [1.165, 1.54) is 9.99 Å². The quantitative estimate of drug-likeness (QED) is 0.205. The van der Waals surface area contributed by atoms with Crippen molar-refractivity contribution in [1.82, 2.24) is 12.7 Å². The van der Waals surface area contributed by atoms with Crippen LogP contribution in [-0.2, 0) is 13.0 Å². The van der Waals surface area contributed by atoms with Crippen LogP contribution in [0.1, 0.15) is 11.4 Å². The van der Waals surface area contributed by atoms with Crippen LogP contribution in [0.3, 0.4) is 0 Å². The summed E-state index contributed by atoms with van der Waals surface area (Å²) in [6, 6.07) is 18.0. The topological polar surface area (TPSA) is 37.9 Å². The second-order valence-corrected chi connectivity index (χ2v) is 11.9. The number of fused-ring (bicyclic) bond motifs is 2. The van der Waals surface area contributed by atoms with Crippen molar-refractivity contribution in [1.29, 1.82) is 0 Å². The SMILES string of the molecule is O=c1c2ccccc2nc(Cc2ccccc2)n1CCN1C2CI21. The molecule has 0 aliphatic carbocycles. The molecule has 5 heteroatoms. The maximum absolute atomic E-state index is 13.0. The molecular weight excluding hydrogens is 413 g/mol. The molecule has 4 nitrogen and oxygen atoms in total. The molecular formula is C19H18IN3O. The first kappa shape index (κ1) is 14.6. The molecule has 122 valence electrons. The van der Waals surface area contributed by atoms with Crippen LogP contribution < -0.4 is 5.56 Å². The van der Waals surface area contributed by atoms with Crippen molar-refractivity contribution in [2.75, 3.05) is 11.0 Å². The number of nitrogens with zero attached hydrogens (tertiary/aromatic N) is 3. The molecule has 1 aromatic heterocycles. The summed E-state index contributed by atoms with van der Waals surface area (Å²) in [7, 11) is 0. The third-order valence-corrected chi connectivity index (χ3v) is 10.3. The van der Waals surface area contributed by atoms with Crippen LogP contribution >= 0.6 is 20.1 Å². The molecule has 2 saturated heterocycles. The third kappa shape index (κ3) is 2.56. The molecule has 2 aliphatic heterocycles. The van der Waals surface area contributed by atoms with E-state index in [0.29, 0.717) is 6.42 Å². The molecule has 24 heavy (non-hydrogen) atoms. The molecule has 2 atom stereocenters. The Morgan fingerprint density at radius 2 is 1.79 bits per heavy atom. The van der Waals surface area contributed by atoms with Crippen LogP contribution in [-0.4, -0.2) is 27.7 Å². The van der Waals surface area contributed by atoms with Gasteiger partial charge in [0.05, 0.1) is 0 Å². The molecule has 5 rings (SSSR count). The summed E-state index contributed by atoms with van der Waals surface area (Å²) in [5.41, 5.74) is 2.10. The van der Waals surface area contributed by atoms with E-state index in [9.17, 15) is 4.79 Å². The van der Waals surface area contributed by atoms with Crippen LogP contribution in [0.15, 0.2) is 59.4 Å². The fraction of sp³-hybridized carbons (Fsp3) is 0.263. The fourth-order valence-corrected chi connectivity index (χ4v) is 8.78. The van der Waals surface area contributed by atoms with Gasteiger partial charge in [0.15, 0.2) is 0 Å². The van der Waals surface area contributed by atoms with Crippen molar-refractivity contribution in [3.63, 3.8) is 0 Å². The van der Waals surface area contributed by atoms with E-state index in [1.54, 1.807) is 0 Å². The van der Waals surface area contributed by atoms with Crippen molar-refractivity contribution in [2.45, 2.75) is 17.0 Å². The number of alkyl halides is 2. The molecule has 0 N–H and O–H groups in total. The van der Waals surface area contributed by atoms with Gasteiger partial charge in [0, 0.05) is 0 Å². The van der Waals surface area contributed by atoms with Gasteiger partial charge in [-0.1, -0.05) is 0 Å². The van der Waals surface area contributed by atoms with E-state index >= 15 is 0 Å². The molecule has 2 unspecified atom stereocenters. The van der Waals surface area contributed by atoms with E-state index in [0.717, 1.165) is 33.9 Å². The Balaban J connectivity index is 1.55. The van der Waals surface area contributed by atoms with Gasteiger partial charge in [-0.15, -0.1) is 0 Å². The first-order valence-corrected chi connectivity index (χ1v) is 12.0. The normalized spacial score (nSPS) is 22.4. The van der Waals surface area contributed by atoms with Gasteiger partial charge in [0.2, 0.25) is 0 Å². The van der Waals surface area contributed by atoms with E-state index in [-0.39, 0.29) is 5.56 Å². The zero-order valence-corrected chi connectivity index (χ0v) is 15.4. The average Bonchev–Trinajstić information content (AvgIpc) is 3.51. The Morgan fingerprint density at radius 1 is 1.04 bits per heavy atom. The van der Waals surface area contributed by atoms with E-state index < -0.39 is 20.1 Å². The summed E-state index contributed by atoms with van der Waals surface area (Å²) >= 11 is -0.589. The summed E-state index contributed by atoms with van der Waals surface area (Å²) < 4.78 is 7.00. The zero-order chi connectivity index (χ0) is 16.1. The summed E-state index contributed by atoms with van der Waals surface area (Å²) in [5.74, 6) is 0.879. The van der Waals surface area contributed by atoms with Crippen molar-refractivity contribution in [3.8, 4) is 0 Å². The Hall–Kier alpha value is -1.73. The van der Waals surface area contributed by atoms with Crippen LogP contribution in [0.2, 0.25) is 0 Å². The Labute approximate surface area is 147 Å². The maximum atomic E-state index is 13.0. The number of halogens is 1. The molecule has 2 fully saturated rings. The van der Waals surface area contributed by atoms with Crippen LogP contribution in [0.4, 0.5) is 0 Å². The van der Waals surface area contributed by atoms with Crippen LogP contribution in [0.5, 0.6) is 0 Å². The zero-order valence-electron chi connectivity index (χ0n) is 13.2. The Morgan fingerprint density at radius 3 is 2.54 bits per heavy atom. The number of rotatable bonds is 5. The molecule has 0 radical (unpaired) electrons. The van der Waals surface area contributed by atoms with Crippen molar-refractivity contribution < 1.29 is 0 Å². The molecule has 2 aliphatic rings. The molecule has 0 amide bonds. The first-order chi connectivity index (χ1) is 11.8. The fourth-order valence-electron chi connectivity index (χ4n) is 3.23. The number of benzene rings is 2. The Bertz CT molecular complexity index is 961. The predicted octanol–water partition coefficient (Wildman–Crippen LogP) is 3.06. The summed E-state index contributed by atoms with van der Waals surface area (Å²) in [6.45, 7) is 1.79. The van der Waals surface area contributed by atoms with Gasteiger partial charge in [0.1, 0.15) is 0 Å². The van der Waals surface area contributed by atoms with Crippen molar-refractivity contribution in [3.05, 3.63) is 76.3 Å². The van der Waals surface area contributed by atoms with E-state index in [2.05, 4.69) is 15.2 Å². The van der Waals surface area contributed by atoms with Gasteiger partial charge in [-0.05, 0) is 0 Å². The number of hydrogen-bond donors (Lipinski definition) is 0. The molecule has 0 bridgehead atoms. The van der Waals surface area contributed by atoms with E-state index in [4.69, 9.17) is 4.98 Å². The summed E-state index contributed by atoms with van der Waals surface area (Å²) in [4.78, 5) is 17.8. The molecule has 2 aromatic carbocycles. The van der Waals surface area contributed by atoms with Crippen LogP contribution in [0, 0.1) is 0 Å². The Kier molecular flexibility index (Phi) is 3.45. The summed E-state index contributed by atoms with van der Waals surface area (Å²) in [5, 5.41) is 0.726. The van der Waals surface area contributed by atoms with Crippen molar-refractivity contribution >= 4 is 31.0 Å². The van der Waals surface area contributed by atoms with Gasteiger partial charge in [-0.25, -0.2) is 0 Å². The van der Waals surface area contributed by atoms with Crippen LogP contribution in [0.25, 0.3) is 10.9 Å². The average molecular weight is 431 g/mol. The van der Waals surface area contributed by atoms with Gasteiger partial charge in [-0.2, -0.15) is 0 Å². The molecule has 3 aromatic rings. The second-order valence-electron chi connectivity index (χ2n) is 6.25. The van der Waals surface area contributed by atoms with Gasteiger partial charge in [-0.3, -0.25) is 0 Å². The number of aromatic nitrogens is 2. The molecule has 0 spiro atoms. The minimum atomic E-state index is -0.589. The molecule has 3 heterocycles. The second kappa shape index (κ2) is 5.67. The third-order valence-electron chi connectivity index (χ3n) is 4.70. The summed E-state index contributed by atoms with van der Waals surface area (Å²) in [6.07, 6.45) is 0.701. The monoisotopic (exact) mass is 431 g/mol. The number of hydrogen-bond acceptors (Lipinski definition) is 3. The number of para-hydroxylation sites is 1. The van der Waals surface area contributed by atoms with Gasteiger partial charge >= 0.3 is 148 Å².